The predicted molar refractivity (Wildman–Crippen MR) is 78.9 cm³/mol. The highest BCUT2D eigenvalue weighted by Gasteiger charge is 2.05. The largest absolute Gasteiger partial charge is 0.392 e. The summed E-state index contributed by atoms with van der Waals surface area (Å²) in [4.78, 5) is 11.0. The van der Waals surface area contributed by atoms with Crippen molar-refractivity contribution in [1.29, 1.82) is 0 Å². The van der Waals surface area contributed by atoms with Crippen LogP contribution in [0.2, 0.25) is 0 Å². The van der Waals surface area contributed by atoms with E-state index in [1.807, 2.05) is 49.5 Å². The highest BCUT2D eigenvalue weighted by molar-refractivity contribution is 5.85. The monoisotopic (exact) mass is 257 g/mol. The number of aromatic nitrogens is 1. The lowest BCUT2D eigenvalue weighted by Crippen LogP contribution is -2.14. The van der Waals surface area contributed by atoms with Gasteiger partial charge < -0.3 is 10.0 Å². The van der Waals surface area contributed by atoms with Crippen molar-refractivity contribution in [3.05, 3.63) is 35.5 Å². The topological polar surface area (TPSA) is 48.7 Å². The Balaban J connectivity index is 2.48. The molecular weight excluding hydrogens is 238 g/mol. The lowest BCUT2D eigenvalue weighted by atomic mass is 10.1. The number of benzene rings is 1. The van der Waals surface area contributed by atoms with Crippen LogP contribution >= 0.6 is 0 Å². The minimum absolute atomic E-state index is 0.00493. The second kappa shape index (κ2) is 5.80. The minimum Gasteiger partial charge on any atom is -0.392 e. The maximum atomic E-state index is 9.33. The lowest BCUT2D eigenvalue weighted by Gasteiger charge is -2.10. The number of aliphatic hydroxyl groups is 1. The van der Waals surface area contributed by atoms with Gasteiger partial charge in [-0.3, -0.25) is 4.98 Å². The van der Waals surface area contributed by atoms with Crippen LogP contribution < -0.4 is 0 Å². The van der Waals surface area contributed by atoms with Crippen molar-refractivity contribution < 1.29 is 5.11 Å². The van der Waals surface area contributed by atoms with Gasteiger partial charge in [-0.05, 0) is 19.9 Å². The number of nitrogens with zero attached hydrogens (tertiary/aromatic N) is 3. The van der Waals surface area contributed by atoms with Crippen LogP contribution in [0.3, 0.4) is 0 Å². The first kappa shape index (κ1) is 13.5. The molecule has 1 aromatic heterocycles. The maximum absolute atomic E-state index is 9.33. The standard InChI is InChI=1S/C15H19N3O/c1-4-18(3)10-16-14-8-12-6-5-7-13(9-19)15(12)17-11(14)2/h5-8,10,19H,4,9H2,1-3H3. The summed E-state index contributed by atoms with van der Waals surface area (Å²) in [6.45, 7) is 4.93. The molecule has 0 aliphatic carbocycles. The predicted octanol–water partition coefficient (Wildman–Crippen LogP) is 2.65. The molecule has 0 radical (unpaired) electrons. The number of fused-ring (bicyclic) bond motifs is 1. The van der Waals surface area contributed by atoms with Crippen molar-refractivity contribution in [3.63, 3.8) is 0 Å². The van der Waals surface area contributed by atoms with Gasteiger partial charge in [0.1, 0.15) is 0 Å². The molecule has 1 aromatic carbocycles. The molecule has 2 aromatic rings. The van der Waals surface area contributed by atoms with Crippen LogP contribution in [-0.4, -0.2) is 34.9 Å². The normalized spacial score (nSPS) is 11.4. The van der Waals surface area contributed by atoms with E-state index in [0.717, 1.165) is 34.4 Å². The fourth-order valence-electron chi connectivity index (χ4n) is 1.84. The molecule has 0 unspecified atom stereocenters. The number of rotatable bonds is 4. The van der Waals surface area contributed by atoms with E-state index in [-0.39, 0.29) is 6.61 Å². The van der Waals surface area contributed by atoms with Gasteiger partial charge >= 0.3 is 0 Å². The first-order valence-electron chi connectivity index (χ1n) is 6.40. The van der Waals surface area contributed by atoms with E-state index in [2.05, 4.69) is 16.9 Å². The van der Waals surface area contributed by atoms with E-state index in [1.165, 1.54) is 0 Å². The van der Waals surface area contributed by atoms with Crippen molar-refractivity contribution in [3.8, 4) is 0 Å². The summed E-state index contributed by atoms with van der Waals surface area (Å²) in [5.74, 6) is 0. The molecule has 100 valence electrons. The van der Waals surface area contributed by atoms with Gasteiger partial charge in [0.05, 0.1) is 29.8 Å². The van der Waals surface area contributed by atoms with Crippen LogP contribution in [0.25, 0.3) is 10.9 Å². The minimum atomic E-state index is 0.00493. The molecule has 4 nitrogen and oxygen atoms in total. The van der Waals surface area contributed by atoms with Gasteiger partial charge in [0.2, 0.25) is 0 Å². The highest BCUT2D eigenvalue weighted by atomic mass is 16.3. The molecule has 1 heterocycles. The second-order valence-electron chi connectivity index (χ2n) is 4.56. The Bertz CT molecular complexity index is 608. The summed E-state index contributed by atoms with van der Waals surface area (Å²) in [5.41, 5.74) is 3.43. The molecule has 19 heavy (non-hydrogen) atoms. The van der Waals surface area contributed by atoms with Gasteiger partial charge in [0.15, 0.2) is 0 Å². The number of aliphatic hydroxyl groups excluding tert-OH is 1. The zero-order chi connectivity index (χ0) is 13.8. The number of aryl methyl sites for hydroxylation is 1. The van der Waals surface area contributed by atoms with Crippen molar-refractivity contribution >= 4 is 22.9 Å². The quantitative estimate of drug-likeness (QED) is 0.676. The van der Waals surface area contributed by atoms with Crippen LogP contribution in [-0.2, 0) is 6.61 Å². The average molecular weight is 257 g/mol. The van der Waals surface area contributed by atoms with Crippen LogP contribution in [0, 0.1) is 6.92 Å². The third-order valence-electron chi connectivity index (χ3n) is 3.16. The highest BCUT2D eigenvalue weighted by Crippen LogP contribution is 2.25. The van der Waals surface area contributed by atoms with E-state index in [1.54, 1.807) is 0 Å². The number of hydrogen-bond donors (Lipinski definition) is 1. The second-order valence-corrected chi connectivity index (χ2v) is 4.56. The average Bonchev–Trinajstić information content (AvgIpc) is 2.44. The van der Waals surface area contributed by atoms with Gasteiger partial charge in [-0.2, -0.15) is 0 Å². The third-order valence-corrected chi connectivity index (χ3v) is 3.16. The molecule has 4 heteroatoms. The van der Waals surface area contributed by atoms with Crippen molar-refractivity contribution in [2.45, 2.75) is 20.5 Å². The smallest absolute Gasteiger partial charge is 0.0910 e. The number of hydrogen-bond acceptors (Lipinski definition) is 3. The maximum Gasteiger partial charge on any atom is 0.0910 e. The molecular formula is C15H19N3O. The van der Waals surface area contributed by atoms with Gasteiger partial charge in [-0.1, -0.05) is 18.2 Å². The molecule has 0 amide bonds. The van der Waals surface area contributed by atoms with Crippen LogP contribution in [0.1, 0.15) is 18.2 Å². The summed E-state index contributed by atoms with van der Waals surface area (Å²) < 4.78 is 0. The van der Waals surface area contributed by atoms with Crippen molar-refractivity contribution in [2.75, 3.05) is 13.6 Å². The van der Waals surface area contributed by atoms with Gasteiger partial charge in [-0.25, -0.2) is 4.99 Å². The third kappa shape index (κ3) is 2.90. The fourth-order valence-corrected chi connectivity index (χ4v) is 1.84. The van der Waals surface area contributed by atoms with Crippen LogP contribution in [0.15, 0.2) is 29.3 Å². The summed E-state index contributed by atoms with van der Waals surface area (Å²) in [7, 11) is 1.98. The van der Waals surface area contributed by atoms with Gasteiger partial charge in [0, 0.05) is 24.5 Å². The molecule has 0 bridgehead atoms. The summed E-state index contributed by atoms with van der Waals surface area (Å²) >= 11 is 0. The molecule has 0 spiro atoms. The Morgan fingerprint density at radius 1 is 1.42 bits per heavy atom. The Morgan fingerprint density at radius 2 is 2.21 bits per heavy atom. The van der Waals surface area contributed by atoms with Crippen LogP contribution in [0.5, 0.6) is 0 Å². The van der Waals surface area contributed by atoms with Gasteiger partial charge in [0.25, 0.3) is 0 Å². The lowest BCUT2D eigenvalue weighted by molar-refractivity contribution is 0.283. The first-order chi connectivity index (χ1) is 9.15. The van der Waals surface area contributed by atoms with E-state index >= 15 is 0 Å². The molecule has 0 aliphatic rings. The molecule has 1 N–H and O–H groups in total. The number of pyridine rings is 1. The number of aliphatic imine (C=N–C) groups is 1. The zero-order valence-electron chi connectivity index (χ0n) is 11.6. The van der Waals surface area contributed by atoms with Crippen molar-refractivity contribution in [2.24, 2.45) is 4.99 Å². The van der Waals surface area contributed by atoms with E-state index in [0.29, 0.717) is 0 Å². The fraction of sp³-hybridized carbons (Fsp3) is 0.333. The summed E-state index contributed by atoms with van der Waals surface area (Å²) in [6.07, 6.45) is 1.81. The van der Waals surface area contributed by atoms with Crippen molar-refractivity contribution in [1.82, 2.24) is 9.88 Å². The first-order valence-corrected chi connectivity index (χ1v) is 6.40. The Labute approximate surface area is 113 Å². The Hall–Kier alpha value is -1.94. The summed E-state index contributed by atoms with van der Waals surface area (Å²) in [6, 6.07) is 7.82. The van der Waals surface area contributed by atoms with E-state index in [4.69, 9.17) is 0 Å². The summed E-state index contributed by atoms with van der Waals surface area (Å²) in [5, 5.41) is 10.3. The Kier molecular flexibility index (Phi) is 4.12. The van der Waals surface area contributed by atoms with E-state index in [9.17, 15) is 5.11 Å². The molecule has 0 fully saturated rings. The number of para-hydroxylation sites is 1. The van der Waals surface area contributed by atoms with E-state index < -0.39 is 0 Å². The molecule has 0 aliphatic heterocycles. The molecule has 0 atom stereocenters. The molecule has 0 saturated heterocycles. The zero-order valence-corrected chi connectivity index (χ0v) is 11.6. The van der Waals surface area contributed by atoms with Gasteiger partial charge in [-0.15, -0.1) is 0 Å². The molecule has 2 rings (SSSR count). The van der Waals surface area contributed by atoms with Crippen LogP contribution in [0.4, 0.5) is 5.69 Å². The SMILES string of the molecule is CCN(C)C=Nc1cc2cccc(CO)c2nc1C. The molecule has 0 saturated carbocycles. The Morgan fingerprint density at radius 3 is 2.89 bits per heavy atom.